The zero-order valence-electron chi connectivity index (χ0n) is 14.3. The number of hydrogen-bond donors (Lipinski definition) is 2. The van der Waals surface area contributed by atoms with Gasteiger partial charge in [-0.15, -0.1) is 0 Å². The molecule has 2 aromatic rings. The van der Waals surface area contributed by atoms with Gasteiger partial charge in [-0.2, -0.15) is 24.9 Å². The SMILES string of the molecule is O=C(NC1CSC1)c1cc(C2=CC(c3cc(Cl)cc(Cl)c3)(C(F)(F)F)ON2)no1. The van der Waals surface area contributed by atoms with E-state index in [9.17, 15) is 18.0 Å². The highest BCUT2D eigenvalue weighted by Crippen LogP contribution is 2.48. The summed E-state index contributed by atoms with van der Waals surface area (Å²) in [5, 5.41) is 6.47. The molecule has 1 fully saturated rings. The van der Waals surface area contributed by atoms with E-state index in [4.69, 9.17) is 32.6 Å². The lowest BCUT2D eigenvalue weighted by molar-refractivity contribution is -0.269. The van der Waals surface area contributed by atoms with E-state index in [0.29, 0.717) is 0 Å². The van der Waals surface area contributed by atoms with Crippen molar-refractivity contribution in [1.29, 1.82) is 0 Å². The second-order valence-electron chi connectivity index (χ2n) is 6.44. The molecule has 0 aliphatic carbocycles. The predicted molar refractivity (Wildman–Crippen MR) is 101 cm³/mol. The molecule has 12 heteroatoms. The topological polar surface area (TPSA) is 76.4 Å². The fourth-order valence-corrected chi connectivity index (χ4v) is 3.99. The number of benzene rings is 1. The van der Waals surface area contributed by atoms with Crippen molar-refractivity contribution in [3.8, 4) is 0 Å². The van der Waals surface area contributed by atoms with Crippen LogP contribution >= 0.6 is 35.0 Å². The lowest BCUT2D eigenvalue weighted by Gasteiger charge is -2.28. The number of thioether (sulfide) groups is 1. The molecule has 0 spiro atoms. The van der Waals surface area contributed by atoms with E-state index in [2.05, 4.69) is 16.0 Å². The second-order valence-corrected chi connectivity index (χ2v) is 8.39. The number of hydroxylamine groups is 1. The summed E-state index contributed by atoms with van der Waals surface area (Å²) in [4.78, 5) is 17.1. The van der Waals surface area contributed by atoms with Gasteiger partial charge >= 0.3 is 6.18 Å². The lowest BCUT2D eigenvalue weighted by atomic mass is 9.92. The van der Waals surface area contributed by atoms with Crippen molar-refractivity contribution in [1.82, 2.24) is 16.0 Å². The average molecular weight is 466 g/mol. The van der Waals surface area contributed by atoms with E-state index in [0.717, 1.165) is 29.7 Å². The Hall–Kier alpha value is -1.88. The van der Waals surface area contributed by atoms with Crippen molar-refractivity contribution < 1.29 is 27.3 Å². The maximum Gasteiger partial charge on any atom is 0.428 e. The van der Waals surface area contributed by atoms with Crippen LogP contribution in [0.5, 0.6) is 0 Å². The van der Waals surface area contributed by atoms with Crippen LogP contribution in [0, 0.1) is 0 Å². The molecule has 0 radical (unpaired) electrons. The minimum absolute atomic E-state index is 0.0163. The van der Waals surface area contributed by atoms with E-state index in [1.807, 2.05) is 0 Å². The van der Waals surface area contributed by atoms with E-state index in [1.165, 1.54) is 12.1 Å². The molecule has 154 valence electrons. The molecule has 0 bridgehead atoms. The van der Waals surface area contributed by atoms with Crippen molar-refractivity contribution in [2.24, 2.45) is 0 Å². The van der Waals surface area contributed by atoms with Crippen LogP contribution in [0.2, 0.25) is 10.0 Å². The molecule has 0 saturated carbocycles. The van der Waals surface area contributed by atoms with E-state index in [1.54, 1.807) is 11.8 Å². The number of amides is 1. The molecule has 2 aliphatic heterocycles. The molecule has 1 aromatic carbocycles. The van der Waals surface area contributed by atoms with Crippen LogP contribution in [0.4, 0.5) is 13.2 Å². The number of carbonyl (C=O) groups excluding carboxylic acids is 1. The van der Waals surface area contributed by atoms with Crippen LogP contribution in [0.1, 0.15) is 21.8 Å². The Labute approximate surface area is 176 Å². The van der Waals surface area contributed by atoms with Crippen LogP contribution in [0.3, 0.4) is 0 Å². The molecule has 2 N–H and O–H groups in total. The highest BCUT2D eigenvalue weighted by atomic mass is 35.5. The van der Waals surface area contributed by atoms with E-state index < -0.39 is 17.7 Å². The van der Waals surface area contributed by atoms with Crippen LogP contribution in [-0.4, -0.2) is 34.8 Å². The number of nitrogens with zero attached hydrogens (tertiary/aromatic N) is 1. The molecule has 1 unspecified atom stereocenters. The molecule has 1 amide bonds. The molecular weight excluding hydrogens is 454 g/mol. The third kappa shape index (κ3) is 3.81. The third-order valence-corrected chi connectivity index (χ3v) is 6.08. The van der Waals surface area contributed by atoms with Gasteiger partial charge in [-0.05, 0) is 24.3 Å². The smallest absolute Gasteiger partial charge is 0.350 e. The minimum Gasteiger partial charge on any atom is -0.350 e. The molecule has 4 rings (SSSR count). The van der Waals surface area contributed by atoms with Crippen LogP contribution in [0.25, 0.3) is 5.70 Å². The highest BCUT2D eigenvalue weighted by Gasteiger charge is 2.60. The first-order valence-corrected chi connectivity index (χ1v) is 10.1. The average Bonchev–Trinajstić information content (AvgIpc) is 3.24. The molecule has 29 heavy (non-hydrogen) atoms. The molecule has 6 nitrogen and oxygen atoms in total. The van der Waals surface area contributed by atoms with Crippen molar-refractivity contribution in [2.75, 3.05) is 11.5 Å². The first kappa shape index (κ1) is 20.4. The van der Waals surface area contributed by atoms with Gasteiger partial charge in [0.1, 0.15) is 5.69 Å². The zero-order valence-corrected chi connectivity index (χ0v) is 16.7. The Kier molecular flexibility index (Phi) is 5.22. The van der Waals surface area contributed by atoms with Crippen molar-refractivity contribution in [3.05, 3.63) is 57.4 Å². The first-order valence-electron chi connectivity index (χ1n) is 8.24. The third-order valence-electron chi connectivity index (χ3n) is 4.37. The number of hydrogen-bond acceptors (Lipinski definition) is 6. The van der Waals surface area contributed by atoms with Gasteiger partial charge in [-0.3, -0.25) is 15.1 Å². The number of aromatic nitrogens is 1. The van der Waals surface area contributed by atoms with Gasteiger partial charge in [0.05, 0.1) is 5.70 Å². The van der Waals surface area contributed by atoms with E-state index >= 15 is 0 Å². The number of rotatable bonds is 4. The quantitative estimate of drug-likeness (QED) is 0.705. The Morgan fingerprint density at radius 1 is 1.24 bits per heavy atom. The summed E-state index contributed by atoms with van der Waals surface area (Å²) < 4.78 is 46.9. The van der Waals surface area contributed by atoms with Crippen LogP contribution < -0.4 is 10.8 Å². The van der Waals surface area contributed by atoms with Gasteiger partial charge in [-0.1, -0.05) is 28.4 Å². The van der Waals surface area contributed by atoms with Crippen molar-refractivity contribution >= 4 is 46.6 Å². The summed E-state index contributed by atoms with van der Waals surface area (Å²) in [7, 11) is 0. The molecule has 1 atom stereocenters. The fourth-order valence-electron chi connectivity index (χ4n) is 2.82. The van der Waals surface area contributed by atoms with Gasteiger partial charge in [0.25, 0.3) is 5.91 Å². The van der Waals surface area contributed by atoms with Gasteiger partial charge < -0.3 is 9.84 Å². The van der Waals surface area contributed by atoms with Crippen molar-refractivity contribution in [3.63, 3.8) is 0 Å². The molecule has 2 aliphatic rings. The minimum atomic E-state index is -4.85. The standard InChI is InChI=1S/C17H12Cl2F3N3O3S/c18-9-1-8(2-10(19)3-9)16(17(20,21)22)5-13(25-28-16)12-4-14(27-24-12)15(26)23-11-6-29-7-11/h1-5,11,25H,6-7H2,(H,23,26). The molecular formula is C17H12Cl2F3N3O3S. The highest BCUT2D eigenvalue weighted by molar-refractivity contribution is 8.00. The van der Waals surface area contributed by atoms with Gasteiger partial charge in [0, 0.05) is 39.2 Å². The summed E-state index contributed by atoms with van der Waals surface area (Å²) >= 11 is 13.4. The Morgan fingerprint density at radius 2 is 1.93 bits per heavy atom. The Balaban J connectivity index is 1.66. The maximum absolute atomic E-state index is 14.0. The van der Waals surface area contributed by atoms with E-state index in [-0.39, 0.29) is 38.8 Å². The van der Waals surface area contributed by atoms with Crippen LogP contribution in [0.15, 0.2) is 34.9 Å². The number of nitrogens with one attached hydrogen (secondary N) is 2. The number of alkyl halides is 3. The Bertz CT molecular complexity index is 974. The van der Waals surface area contributed by atoms with Gasteiger partial charge in [0.15, 0.2) is 0 Å². The van der Waals surface area contributed by atoms with Crippen LogP contribution in [-0.2, 0) is 10.4 Å². The molecule has 1 aromatic heterocycles. The summed E-state index contributed by atoms with van der Waals surface area (Å²) in [5.74, 6) is 0.986. The fraction of sp³-hybridized carbons (Fsp3) is 0.294. The maximum atomic E-state index is 14.0. The Morgan fingerprint density at radius 3 is 2.52 bits per heavy atom. The van der Waals surface area contributed by atoms with Gasteiger partial charge in [0.2, 0.25) is 11.4 Å². The molecule has 3 heterocycles. The normalized spacial score (nSPS) is 22.0. The number of carbonyl (C=O) groups is 1. The zero-order chi connectivity index (χ0) is 20.8. The second kappa shape index (κ2) is 7.42. The van der Waals surface area contributed by atoms with Crippen molar-refractivity contribution in [2.45, 2.75) is 17.8 Å². The summed E-state index contributed by atoms with van der Waals surface area (Å²) in [6, 6.07) is 4.81. The summed E-state index contributed by atoms with van der Waals surface area (Å²) in [6.07, 6.45) is -4.04. The summed E-state index contributed by atoms with van der Waals surface area (Å²) in [6.45, 7) is 0. The lowest BCUT2D eigenvalue weighted by Crippen LogP contribution is -2.43. The summed E-state index contributed by atoms with van der Waals surface area (Å²) in [5.41, 5.74) is -1.06. The number of halogens is 5. The van der Waals surface area contributed by atoms with Gasteiger partial charge in [-0.25, -0.2) is 0 Å². The molecule has 1 saturated heterocycles. The first-order chi connectivity index (χ1) is 13.7. The monoisotopic (exact) mass is 465 g/mol. The predicted octanol–water partition coefficient (Wildman–Crippen LogP) is 4.16. The largest absolute Gasteiger partial charge is 0.428 e.